The van der Waals surface area contributed by atoms with Gasteiger partial charge >= 0.3 is 0 Å². The van der Waals surface area contributed by atoms with E-state index in [1.807, 2.05) is 0 Å². The fourth-order valence-corrected chi connectivity index (χ4v) is 1.53. The number of nitrogens with two attached hydrogens (primary N) is 2. The van der Waals surface area contributed by atoms with Crippen LogP contribution in [-0.4, -0.2) is 10.9 Å². The molecule has 6 nitrogen and oxygen atoms in total. The molecule has 0 atom stereocenters. The zero-order chi connectivity index (χ0) is 14.7. The summed E-state index contributed by atoms with van der Waals surface area (Å²) in [5.41, 5.74) is 11.5. The number of carbonyl (C=O) groups is 1. The molecule has 2 aromatic rings. The number of hydrogen-bond acceptors (Lipinski definition) is 5. The zero-order valence-electron chi connectivity index (χ0n) is 10.2. The minimum Gasteiger partial charge on any atom is -0.396 e. The highest BCUT2D eigenvalue weighted by Gasteiger charge is 2.09. The fraction of sp³-hybridized carbons (Fsp3) is 0. The Balaban J connectivity index is 2.37. The van der Waals surface area contributed by atoms with Gasteiger partial charge in [0, 0.05) is 5.69 Å². The van der Waals surface area contributed by atoms with Gasteiger partial charge in [0.2, 0.25) is 0 Å². The van der Waals surface area contributed by atoms with Crippen LogP contribution in [-0.2, 0) is 0 Å². The van der Waals surface area contributed by atoms with Crippen molar-refractivity contribution < 1.29 is 9.18 Å². The van der Waals surface area contributed by atoms with E-state index >= 15 is 0 Å². The molecule has 5 N–H and O–H groups in total. The average molecular weight is 271 g/mol. The SMILES string of the molecule is N#Cc1cc(Nc2nc(C(N)=O)ccc2N)ccc1F. The van der Waals surface area contributed by atoms with Crippen molar-refractivity contribution in [3.05, 3.63) is 47.4 Å². The molecular weight excluding hydrogens is 261 g/mol. The lowest BCUT2D eigenvalue weighted by Gasteiger charge is -2.09. The third kappa shape index (κ3) is 2.64. The van der Waals surface area contributed by atoms with Crippen LogP contribution < -0.4 is 16.8 Å². The molecule has 0 saturated carbocycles. The Morgan fingerprint density at radius 1 is 1.35 bits per heavy atom. The van der Waals surface area contributed by atoms with E-state index in [0.717, 1.165) is 6.07 Å². The Labute approximate surface area is 113 Å². The molecule has 1 amide bonds. The van der Waals surface area contributed by atoms with Crippen molar-refractivity contribution in [1.29, 1.82) is 5.26 Å². The van der Waals surface area contributed by atoms with Gasteiger partial charge in [-0.1, -0.05) is 0 Å². The molecule has 0 fully saturated rings. The van der Waals surface area contributed by atoms with Gasteiger partial charge in [0.25, 0.3) is 5.91 Å². The molecule has 0 unspecified atom stereocenters. The van der Waals surface area contributed by atoms with Crippen LogP contribution in [0.5, 0.6) is 0 Å². The van der Waals surface area contributed by atoms with Crippen LogP contribution in [0.25, 0.3) is 0 Å². The van der Waals surface area contributed by atoms with E-state index in [4.69, 9.17) is 16.7 Å². The van der Waals surface area contributed by atoms with Gasteiger partial charge in [-0.25, -0.2) is 9.37 Å². The zero-order valence-corrected chi connectivity index (χ0v) is 10.2. The van der Waals surface area contributed by atoms with Gasteiger partial charge in [-0.15, -0.1) is 0 Å². The summed E-state index contributed by atoms with van der Waals surface area (Å²) < 4.78 is 13.2. The van der Waals surface area contributed by atoms with Crippen LogP contribution in [0.2, 0.25) is 0 Å². The van der Waals surface area contributed by atoms with E-state index in [0.29, 0.717) is 5.69 Å². The third-order valence-electron chi connectivity index (χ3n) is 2.53. The number of benzene rings is 1. The highest BCUT2D eigenvalue weighted by Crippen LogP contribution is 2.22. The quantitative estimate of drug-likeness (QED) is 0.782. The molecule has 1 heterocycles. The van der Waals surface area contributed by atoms with Crippen molar-refractivity contribution in [3.8, 4) is 6.07 Å². The summed E-state index contributed by atoms with van der Waals surface area (Å²) in [6.07, 6.45) is 0. The second kappa shape index (κ2) is 5.24. The summed E-state index contributed by atoms with van der Waals surface area (Å²) in [5.74, 6) is -1.11. The smallest absolute Gasteiger partial charge is 0.267 e. The third-order valence-corrected chi connectivity index (χ3v) is 2.53. The Morgan fingerprint density at radius 3 is 2.75 bits per heavy atom. The first-order valence-electron chi connectivity index (χ1n) is 5.54. The predicted octanol–water partition coefficient (Wildman–Crippen LogP) is 1.52. The van der Waals surface area contributed by atoms with Crippen molar-refractivity contribution in [2.45, 2.75) is 0 Å². The normalized spacial score (nSPS) is 9.80. The molecular formula is C13H10FN5O. The second-order valence-electron chi connectivity index (χ2n) is 3.93. The van der Waals surface area contributed by atoms with Gasteiger partial charge in [-0.2, -0.15) is 5.26 Å². The number of amides is 1. The number of aromatic nitrogens is 1. The minimum atomic E-state index is -0.690. The minimum absolute atomic E-state index is 0.0457. The molecule has 20 heavy (non-hydrogen) atoms. The van der Waals surface area contributed by atoms with E-state index in [1.54, 1.807) is 6.07 Å². The molecule has 1 aromatic heterocycles. The molecule has 1 aromatic carbocycles. The standard InChI is InChI=1S/C13H10FN5O/c14-9-2-1-8(5-7(9)6-15)18-13-10(16)3-4-11(19-13)12(17)20/h1-5H,16H2,(H2,17,20)(H,18,19). The molecule has 0 aliphatic rings. The summed E-state index contributed by atoms with van der Waals surface area (Å²) in [7, 11) is 0. The number of pyridine rings is 1. The van der Waals surface area contributed by atoms with E-state index < -0.39 is 11.7 Å². The maximum atomic E-state index is 13.2. The number of anilines is 3. The number of nitrogen functional groups attached to an aromatic ring is 1. The van der Waals surface area contributed by atoms with Gasteiger partial charge in [-0.3, -0.25) is 4.79 Å². The van der Waals surface area contributed by atoms with Gasteiger partial charge in [0.1, 0.15) is 17.6 Å². The molecule has 0 spiro atoms. The second-order valence-corrected chi connectivity index (χ2v) is 3.93. The molecule has 100 valence electrons. The van der Waals surface area contributed by atoms with Crippen molar-refractivity contribution in [1.82, 2.24) is 4.98 Å². The van der Waals surface area contributed by atoms with Crippen molar-refractivity contribution in [2.24, 2.45) is 5.73 Å². The van der Waals surface area contributed by atoms with E-state index in [9.17, 15) is 9.18 Å². The van der Waals surface area contributed by atoms with Crippen molar-refractivity contribution in [3.63, 3.8) is 0 Å². The number of nitrogens with one attached hydrogen (secondary N) is 1. The predicted molar refractivity (Wildman–Crippen MR) is 71.6 cm³/mol. The maximum absolute atomic E-state index is 13.2. The highest BCUT2D eigenvalue weighted by atomic mass is 19.1. The Hall–Kier alpha value is -3.14. The Kier molecular flexibility index (Phi) is 3.48. The van der Waals surface area contributed by atoms with Crippen LogP contribution >= 0.6 is 0 Å². The van der Waals surface area contributed by atoms with E-state index in [1.165, 1.54) is 24.3 Å². The number of nitriles is 1. The lowest BCUT2D eigenvalue weighted by molar-refractivity contribution is 0.0996. The summed E-state index contributed by atoms with van der Waals surface area (Å²) >= 11 is 0. The monoisotopic (exact) mass is 271 g/mol. The van der Waals surface area contributed by atoms with Gasteiger partial charge in [0.15, 0.2) is 5.82 Å². The summed E-state index contributed by atoms with van der Waals surface area (Å²) in [6.45, 7) is 0. The maximum Gasteiger partial charge on any atom is 0.267 e. The first kappa shape index (κ1) is 13.3. The number of hydrogen-bond donors (Lipinski definition) is 3. The average Bonchev–Trinajstić information content (AvgIpc) is 2.43. The van der Waals surface area contributed by atoms with Crippen LogP contribution in [0.4, 0.5) is 21.6 Å². The van der Waals surface area contributed by atoms with Crippen LogP contribution in [0, 0.1) is 17.1 Å². The first-order chi connectivity index (χ1) is 9.51. The molecule has 0 aliphatic heterocycles. The highest BCUT2D eigenvalue weighted by molar-refractivity contribution is 5.92. The van der Waals surface area contributed by atoms with Crippen molar-refractivity contribution >= 4 is 23.1 Å². The van der Waals surface area contributed by atoms with Crippen molar-refractivity contribution in [2.75, 3.05) is 11.1 Å². The Bertz CT molecular complexity index is 723. The number of primary amides is 1. The van der Waals surface area contributed by atoms with Crippen LogP contribution in [0.3, 0.4) is 0 Å². The first-order valence-corrected chi connectivity index (χ1v) is 5.54. The molecule has 0 aliphatic carbocycles. The topological polar surface area (TPSA) is 118 Å². The molecule has 0 bridgehead atoms. The van der Waals surface area contributed by atoms with E-state index in [-0.39, 0.29) is 22.8 Å². The molecule has 0 saturated heterocycles. The molecule has 2 rings (SSSR count). The van der Waals surface area contributed by atoms with Crippen LogP contribution in [0.1, 0.15) is 16.1 Å². The lowest BCUT2D eigenvalue weighted by atomic mass is 10.2. The largest absolute Gasteiger partial charge is 0.396 e. The van der Waals surface area contributed by atoms with Gasteiger partial charge in [0.05, 0.1) is 11.3 Å². The van der Waals surface area contributed by atoms with Crippen LogP contribution in [0.15, 0.2) is 30.3 Å². The summed E-state index contributed by atoms with van der Waals surface area (Å²) in [5, 5.41) is 11.6. The summed E-state index contributed by atoms with van der Waals surface area (Å²) in [6, 6.07) is 8.48. The van der Waals surface area contributed by atoms with E-state index in [2.05, 4.69) is 10.3 Å². The molecule has 7 heteroatoms. The number of rotatable bonds is 3. The fourth-order valence-electron chi connectivity index (χ4n) is 1.53. The number of carbonyl (C=O) groups excluding carboxylic acids is 1. The number of nitrogens with zero attached hydrogens (tertiary/aromatic N) is 2. The lowest BCUT2D eigenvalue weighted by Crippen LogP contribution is -2.14. The van der Waals surface area contributed by atoms with Gasteiger partial charge in [-0.05, 0) is 30.3 Å². The number of halogens is 1. The van der Waals surface area contributed by atoms with Gasteiger partial charge < -0.3 is 16.8 Å². The molecule has 0 radical (unpaired) electrons. The Morgan fingerprint density at radius 2 is 2.10 bits per heavy atom. The summed E-state index contributed by atoms with van der Waals surface area (Å²) in [4.78, 5) is 15.0.